The molecule has 19 heavy (non-hydrogen) atoms. The van der Waals surface area contributed by atoms with E-state index in [1.54, 1.807) is 0 Å². The van der Waals surface area contributed by atoms with E-state index in [1.807, 2.05) is 24.3 Å². The summed E-state index contributed by atoms with van der Waals surface area (Å²) >= 11 is 5.71. The van der Waals surface area contributed by atoms with Gasteiger partial charge >= 0.3 is 0 Å². The molecule has 1 atom stereocenters. The Morgan fingerprint density at radius 1 is 1.37 bits per heavy atom. The highest BCUT2D eigenvalue weighted by Crippen LogP contribution is 2.06. The number of rotatable bonds is 7. The summed E-state index contributed by atoms with van der Waals surface area (Å²) in [5.41, 5.74) is 1.70. The van der Waals surface area contributed by atoms with Crippen LogP contribution in [0.2, 0.25) is 0 Å². The second kappa shape index (κ2) is 8.18. The summed E-state index contributed by atoms with van der Waals surface area (Å²) in [4.78, 5) is 14.1. The number of benzene rings is 1. The number of alkyl halides is 1. The van der Waals surface area contributed by atoms with Gasteiger partial charge in [0.2, 0.25) is 0 Å². The maximum atomic E-state index is 11.9. The Labute approximate surface area is 120 Å². The van der Waals surface area contributed by atoms with Crippen molar-refractivity contribution in [1.82, 2.24) is 10.2 Å². The van der Waals surface area contributed by atoms with Crippen LogP contribution in [0.3, 0.4) is 0 Å². The van der Waals surface area contributed by atoms with Crippen LogP contribution < -0.4 is 5.32 Å². The highest BCUT2D eigenvalue weighted by molar-refractivity contribution is 6.17. The van der Waals surface area contributed by atoms with Gasteiger partial charge in [0.25, 0.3) is 5.91 Å². The Bertz CT molecular complexity index is 392. The first-order chi connectivity index (χ1) is 9.08. The molecule has 1 aromatic carbocycles. The van der Waals surface area contributed by atoms with Gasteiger partial charge in [0.05, 0.1) is 0 Å². The molecule has 0 saturated heterocycles. The minimum atomic E-state index is -0.0290. The lowest BCUT2D eigenvalue weighted by atomic mass is 10.1. The molecule has 0 saturated carbocycles. The lowest BCUT2D eigenvalue weighted by Gasteiger charge is -2.23. The Morgan fingerprint density at radius 3 is 2.53 bits per heavy atom. The van der Waals surface area contributed by atoms with Gasteiger partial charge in [-0.15, -0.1) is 11.6 Å². The van der Waals surface area contributed by atoms with Crippen LogP contribution in [0.4, 0.5) is 0 Å². The molecule has 0 aliphatic heterocycles. The molecule has 0 bridgehead atoms. The van der Waals surface area contributed by atoms with Crippen LogP contribution in [-0.2, 0) is 5.88 Å². The lowest BCUT2D eigenvalue weighted by Crippen LogP contribution is -2.37. The number of carbonyl (C=O) groups is 1. The van der Waals surface area contributed by atoms with Crippen molar-refractivity contribution in [3.8, 4) is 0 Å². The van der Waals surface area contributed by atoms with E-state index in [9.17, 15) is 4.79 Å². The standard InChI is InChI=1S/C15H23ClN2O/c1-4-12(2)18(3)10-9-17-15(19)14-7-5-13(11-16)6-8-14/h5-8,12H,4,9-11H2,1-3H3,(H,17,19). The first-order valence-corrected chi connectivity index (χ1v) is 7.25. The summed E-state index contributed by atoms with van der Waals surface area (Å²) in [7, 11) is 2.08. The van der Waals surface area contributed by atoms with E-state index in [1.165, 1.54) is 0 Å². The van der Waals surface area contributed by atoms with Gasteiger partial charge in [-0.1, -0.05) is 19.1 Å². The van der Waals surface area contributed by atoms with E-state index in [0.29, 0.717) is 24.0 Å². The molecule has 4 heteroatoms. The number of hydrogen-bond donors (Lipinski definition) is 1. The van der Waals surface area contributed by atoms with Crippen LogP contribution in [0.1, 0.15) is 36.2 Å². The third-order valence-electron chi connectivity index (χ3n) is 3.46. The SMILES string of the molecule is CCC(C)N(C)CCNC(=O)c1ccc(CCl)cc1. The first-order valence-electron chi connectivity index (χ1n) is 6.71. The van der Waals surface area contributed by atoms with Gasteiger partial charge in [-0.3, -0.25) is 4.79 Å². The highest BCUT2D eigenvalue weighted by atomic mass is 35.5. The topological polar surface area (TPSA) is 32.3 Å². The second-order valence-corrected chi connectivity index (χ2v) is 5.09. The molecule has 0 radical (unpaired) electrons. The van der Waals surface area contributed by atoms with Crippen molar-refractivity contribution < 1.29 is 4.79 Å². The van der Waals surface area contributed by atoms with Crippen molar-refractivity contribution in [1.29, 1.82) is 0 Å². The van der Waals surface area contributed by atoms with Gasteiger partial charge in [-0.25, -0.2) is 0 Å². The monoisotopic (exact) mass is 282 g/mol. The summed E-state index contributed by atoms with van der Waals surface area (Å²) in [6.45, 7) is 5.88. The smallest absolute Gasteiger partial charge is 0.251 e. The van der Waals surface area contributed by atoms with Crippen molar-refractivity contribution in [2.24, 2.45) is 0 Å². The van der Waals surface area contributed by atoms with Crippen molar-refractivity contribution in [3.05, 3.63) is 35.4 Å². The fourth-order valence-corrected chi connectivity index (χ4v) is 1.90. The lowest BCUT2D eigenvalue weighted by molar-refractivity contribution is 0.0947. The van der Waals surface area contributed by atoms with Gasteiger partial charge < -0.3 is 10.2 Å². The van der Waals surface area contributed by atoms with Crippen LogP contribution in [0.25, 0.3) is 0 Å². The van der Waals surface area contributed by atoms with E-state index < -0.39 is 0 Å². The molecule has 106 valence electrons. The van der Waals surface area contributed by atoms with Crippen LogP contribution in [0.15, 0.2) is 24.3 Å². The van der Waals surface area contributed by atoms with Crippen molar-refractivity contribution in [3.63, 3.8) is 0 Å². The molecule has 0 spiro atoms. The zero-order chi connectivity index (χ0) is 14.3. The summed E-state index contributed by atoms with van der Waals surface area (Å²) in [6, 6.07) is 7.93. The highest BCUT2D eigenvalue weighted by Gasteiger charge is 2.08. The fourth-order valence-electron chi connectivity index (χ4n) is 1.73. The van der Waals surface area contributed by atoms with Gasteiger partial charge in [0.15, 0.2) is 0 Å². The molecule has 3 nitrogen and oxygen atoms in total. The number of likely N-dealkylation sites (N-methyl/N-ethyl adjacent to an activating group) is 1. The predicted molar refractivity (Wildman–Crippen MR) is 80.7 cm³/mol. The Balaban J connectivity index is 2.38. The molecule has 0 aliphatic carbocycles. The number of amides is 1. The first kappa shape index (κ1) is 16.0. The number of carbonyl (C=O) groups excluding carboxylic acids is 1. The molecule has 0 heterocycles. The quantitative estimate of drug-likeness (QED) is 0.780. The van der Waals surface area contributed by atoms with Gasteiger partial charge in [-0.2, -0.15) is 0 Å². The zero-order valence-electron chi connectivity index (χ0n) is 11.9. The maximum absolute atomic E-state index is 11.9. The molecular weight excluding hydrogens is 260 g/mol. The number of nitrogens with zero attached hydrogens (tertiary/aromatic N) is 1. The van der Waals surface area contributed by atoms with Crippen molar-refractivity contribution in [2.45, 2.75) is 32.2 Å². The van der Waals surface area contributed by atoms with Gasteiger partial charge in [0.1, 0.15) is 0 Å². The van der Waals surface area contributed by atoms with Crippen LogP contribution in [0.5, 0.6) is 0 Å². The van der Waals surface area contributed by atoms with Crippen LogP contribution in [-0.4, -0.2) is 37.0 Å². The molecule has 1 rings (SSSR count). The third-order valence-corrected chi connectivity index (χ3v) is 3.77. The average molecular weight is 283 g/mol. The van der Waals surface area contributed by atoms with Crippen molar-refractivity contribution in [2.75, 3.05) is 20.1 Å². The minimum Gasteiger partial charge on any atom is -0.351 e. The second-order valence-electron chi connectivity index (χ2n) is 4.82. The normalized spacial score (nSPS) is 12.5. The van der Waals surface area contributed by atoms with Gasteiger partial charge in [-0.05, 0) is 38.1 Å². The third kappa shape index (κ3) is 5.21. The van der Waals surface area contributed by atoms with E-state index in [4.69, 9.17) is 11.6 Å². The number of halogens is 1. The van der Waals surface area contributed by atoms with Crippen LogP contribution >= 0.6 is 11.6 Å². The molecule has 1 aromatic rings. The summed E-state index contributed by atoms with van der Waals surface area (Å²) < 4.78 is 0. The van der Waals surface area contributed by atoms with E-state index >= 15 is 0 Å². The molecule has 1 N–H and O–H groups in total. The molecule has 1 unspecified atom stereocenters. The minimum absolute atomic E-state index is 0.0290. The Morgan fingerprint density at radius 2 is 2.00 bits per heavy atom. The molecule has 0 aromatic heterocycles. The van der Waals surface area contributed by atoms with E-state index in [0.717, 1.165) is 18.5 Å². The molecule has 0 fully saturated rings. The largest absolute Gasteiger partial charge is 0.351 e. The molecule has 0 aliphatic rings. The van der Waals surface area contributed by atoms with Crippen LogP contribution in [0, 0.1) is 0 Å². The summed E-state index contributed by atoms with van der Waals surface area (Å²) in [5, 5.41) is 2.93. The average Bonchev–Trinajstić information content (AvgIpc) is 2.46. The van der Waals surface area contributed by atoms with Crippen molar-refractivity contribution >= 4 is 17.5 Å². The van der Waals surface area contributed by atoms with Gasteiger partial charge in [0, 0.05) is 30.6 Å². The van der Waals surface area contributed by atoms with E-state index in [2.05, 4.69) is 31.1 Å². The van der Waals surface area contributed by atoms with E-state index in [-0.39, 0.29) is 5.91 Å². The predicted octanol–water partition coefficient (Wildman–Crippen LogP) is 2.89. The Kier molecular flexibility index (Phi) is 6.89. The Hall–Kier alpha value is -1.06. The summed E-state index contributed by atoms with van der Waals surface area (Å²) in [5.74, 6) is 0.445. The molecular formula is C15H23ClN2O. The zero-order valence-corrected chi connectivity index (χ0v) is 12.7. The molecule has 1 amide bonds. The fraction of sp³-hybridized carbons (Fsp3) is 0.533. The summed E-state index contributed by atoms with van der Waals surface area (Å²) in [6.07, 6.45) is 1.12. The maximum Gasteiger partial charge on any atom is 0.251 e. The number of nitrogens with one attached hydrogen (secondary N) is 1. The number of hydrogen-bond acceptors (Lipinski definition) is 2.